The van der Waals surface area contributed by atoms with E-state index in [0.717, 1.165) is 11.1 Å². The fraction of sp³-hybridized carbons (Fsp3) is 0.100. The highest BCUT2D eigenvalue weighted by Gasteiger charge is 2.35. The zero-order valence-electron chi connectivity index (χ0n) is 13.8. The highest BCUT2D eigenvalue weighted by atomic mass is 35.5. The van der Waals surface area contributed by atoms with Crippen molar-refractivity contribution < 1.29 is 9.13 Å². The van der Waals surface area contributed by atoms with Gasteiger partial charge in [0.25, 0.3) is 0 Å². The summed E-state index contributed by atoms with van der Waals surface area (Å²) < 4.78 is 20.4. The molecule has 0 saturated carbocycles. The molecule has 0 spiro atoms. The molecule has 26 heavy (non-hydrogen) atoms. The summed E-state index contributed by atoms with van der Waals surface area (Å²) in [6, 6.07) is 13.9. The number of nitrogens with zero attached hydrogens (tertiary/aromatic N) is 2. The van der Waals surface area contributed by atoms with E-state index < -0.39 is 11.7 Å². The zero-order valence-corrected chi connectivity index (χ0v) is 14.5. The third-order valence-corrected chi connectivity index (χ3v) is 4.80. The molecule has 0 aliphatic carbocycles. The molecular weight excluding hydrogens is 353 g/mol. The summed E-state index contributed by atoms with van der Waals surface area (Å²) >= 11 is 6.27. The number of hydrogen-bond donors (Lipinski definition) is 1. The van der Waals surface area contributed by atoms with Crippen LogP contribution in [0.1, 0.15) is 22.7 Å². The second-order valence-electron chi connectivity index (χ2n) is 6.07. The number of nitrogens with two attached hydrogens (primary N) is 1. The Bertz CT molecular complexity index is 1110. The minimum atomic E-state index is -0.760. The standard InChI is InChI=1S/C20H13ClFN3O/c1-10-5-6-11-7-8-12-16(17-14(21)3-2-4-15(17)22)13(9-23)20(24)26-19(12)18(11)25-10/h2-8,16H,24H2,1H3. The molecule has 0 amide bonds. The lowest BCUT2D eigenvalue weighted by Crippen LogP contribution is -2.22. The first-order chi connectivity index (χ1) is 12.5. The minimum absolute atomic E-state index is 0.0693. The molecule has 0 saturated heterocycles. The predicted octanol–water partition coefficient (Wildman–Crippen LogP) is 4.55. The number of benzene rings is 2. The summed E-state index contributed by atoms with van der Waals surface area (Å²) in [5.74, 6) is -0.912. The molecule has 2 N–H and O–H groups in total. The van der Waals surface area contributed by atoms with Crippen molar-refractivity contribution >= 4 is 22.5 Å². The van der Waals surface area contributed by atoms with Gasteiger partial charge in [0.15, 0.2) is 5.75 Å². The average Bonchev–Trinajstić information content (AvgIpc) is 2.61. The second-order valence-corrected chi connectivity index (χ2v) is 6.48. The average molecular weight is 366 g/mol. The van der Waals surface area contributed by atoms with Crippen LogP contribution in [0.5, 0.6) is 5.75 Å². The summed E-state index contributed by atoms with van der Waals surface area (Å²) in [5.41, 5.74) is 8.35. The number of fused-ring (bicyclic) bond motifs is 3. The fourth-order valence-electron chi connectivity index (χ4n) is 3.28. The Morgan fingerprint density at radius 3 is 2.73 bits per heavy atom. The Balaban J connectivity index is 2.08. The van der Waals surface area contributed by atoms with Gasteiger partial charge in [-0.25, -0.2) is 9.37 Å². The van der Waals surface area contributed by atoms with Crippen LogP contribution in [0, 0.1) is 24.1 Å². The lowest BCUT2D eigenvalue weighted by molar-refractivity contribution is 0.396. The van der Waals surface area contributed by atoms with Gasteiger partial charge in [0.2, 0.25) is 5.88 Å². The lowest BCUT2D eigenvalue weighted by Gasteiger charge is -2.27. The molecule has 1 aliphatic heterocycles. The molecule has 0 fully saturated rings. The quantitative estimate of drug-likeness (QED) is 0.686. The Labute approximate surface area is 154 Å². The molecule has 1 aliphatic rings. The van der Waals surface area contributed by atoms with Crippen LogP contribution in [0.4, 0.5) is 4.39 Å². The molecule has 1 atom stereocenters. The molecule has 6 heteroatoms. The van der Waals surface area contributed by atoms with Crippen molar-refractivity contribution in [2.45, 2.75) is 12.8 Å². The highest BCUT2D eigenvalue weighted by molar-refractivity contribution is 6.31. The van der Waals surface area contributed by atoms with Gasteiger partial charge in [-0.05, 0) is 25.1 Å². The number of aryl methyl sites for hydroxylation is 1. The SMILES string of the molecule is Cc1ccc2ccc3c(c2n1)OC(N)=C(C#N)C3c1c(F)cccc1Cl. The highest BCUT2D eigenvalue weighted by Crippen LogP contribution is 2.47. The van der Waals surface area contributed by atoms with Gasteiger partial charge in [0.05, 0.1) is 5.92 Å². The van der Waals surface area contributed by atoms with E-state index in [1.54, 1.807) is 12.1 Å². The molecule has 4 nitrogen and oxygen atoms in total. The molecule has 1 aromatic heterocycles. The lowest BCUT2D eigenvalue weighted by atomic mass is 9.82. The van der Waals surface area contributed by atoms with E-state index in [4.69, 9.17) is 22.1 Å². The van der Waals surface area contributed by atoms with Crippen LogP contribution in [-0.2, 0) is 0 Å². The van der Waals surface area contributed by atoms with Gasteiger partial charge >= 0.3 is 0 Å². The molecule has 128 valence electrons. The third-order valence-electron chi connectivity index (χ3n) is 4.47. The molecule has 0 radical (unpaired) electrons. The van der Waals surface area contributed by atoms with Crippen LogP contribution >= 0.6 is 11.6 Å². The number of allylic oxidation sites excluding steroid dienone is 1. The smallest absolute Gasteiger partial charge is 0.205 e. The van der Waals surface area contributed by atoms with Crippen molar-refractivity contribution in [1.82, 2.24) is 4.98 Å². The van der Waals surface area contributed by atoms with E-state index >= 15 is 0 Å². The number of rotatable bonds is 1. The van der Waals surface area contributed by atoms with Crippen molar-refractivity contribution in [3.05, 3.63) is 81.6 Å². The van der Waals surface area contributed by atoms with Crippen LogP contribution in [0.3, 0.4) is 0 Å². The molecule has 0 bridgehead atoms. The fourth-order valence-corrected chi connectivity index (χ4v) is 3.55. The third kappa shape index (κ3) is 2.39. The van der Waals surface area contributed by atoms with Gasteiger partial charge in [-0.3, -0.25) is 0 Å². The molecule has 2 heterocycles. The minimum Gasteiger partial charge on any atom is -0.438 e. The maximum Gasteiger partial charge on any atom is 0.205 e. The maximum absolute atomic E-state index is 14.6. The van der Waals surface area contributed by atoms with Crippen molar-refractivity contribution in [3.63, 3.8) is 0 Å². The van der Waals surface area contributed by atoms with Gasteiger partial charge < -0.3 is 10.5 Å². The van der Waals surface area contributed by atoms with E-state index in [2.05, 4.69) is 4.98 Å². The van der Waals surface area contributed by atoms with Crippen LogP contribution < -0.4 is 10.5 Å². The number of pyridine rings is 1. The number of ether oxygens (including phenoxy) is 1. The van der Waals surface area contributed by atoms with Crippen molar-refractivity contribution in [2.75, 3.05) is 0 Å². The van der Waals surface area contributed by atoms with E-state index in [1.807, 2.05) is 31.2 Å². The van der Waals surface area contributed by atoms with Crippen LogP contribution in [0.25, 0.3) is 10.9 Å². The van der Waals surface area contributed by atoms with Gasteiger partial charge in [-0.15, -0.1) is 0 Å². The zero-order chi connectivity index (χ0) is 18.4. The van der Waals surface area contributed by atoms with E-state index in [9.17, 15) is 9.65 Å². The Hall–Kier alpha value is -3.10. The summed E-state index contributed by atoms with van der Waals surface area (Å²) in [5, 5.41) is 10.7. The van der Waals surface area contributed by atoms with Crippen LogP contribution in [0.15, 0.2) is 53.9 Å². The van der Waals surface area contributed by atoms with Gasteiger partial charge in [-0.2, -0.15) is 5.26 Å². The number of nitriles is 1. The van der Waals surface area contributed by atoms with Gasteiger partial charge in [-0.1, -0.05) is 35.9 Å². The van der Waals surface area contributed by atoms with E-state index in [0.29, 0.717) is 16.8 Å². The summed E-state index contributed by atoms with van der Waals surface area (Å²) in [6.45, 7) is 1.87. The first kappa shape index (κ1) is 16.4. The monoisotopic (exact) mass is 365 g/mol. The van der Waals surface area contributed by atoms with Crippen LogP contribution in [-0.4, -0.2) is 4.98 Å². The molecule has 2 aromatic carbocycles. The first-order valence-electron chi connectivity index (χ1n) is 7.93. The van der Waals surface area contributed by atoms with Crippen molar-refractivity contribution in [3.8, 4) is 11.8 Å². The van der Waals surface area contributed by atoms with E-state index in [1.165, 1.54) is 12.1 Å². The van der Waals surface area contributed by atoms with Gasteiger partial charge in [0.1, 0.15) is 23.0 Å². The predicted molar refractivity (Wildman–Crippen MR) is 97.2 cm³/mol. The molecule has 1 unspecified atom stereocenters. The van der Waals surface area contributed by atoms with Crippen molar-refractivity contribution in [2.24, 2.45) is 5.73 Å². The number of aromatic nitrogens is 1. The Morgan fingerprint density at radius 1 is 1.23 bits per heavy atom. The number of hydrogen-bond acceptors (Lipinski definition) is 4. The molecular formula is C20H13ClFN3O. The van der Waals surface area contributed by atoms with Crippen LogP contribution in [0.2, 0.25) is 5.02 Å². The summed E-state index contributed by atoms with van der Waals surface area (Å²) in [4.78, 5) is 4.53. The van der Waals surface area contributed by atoms with E-state index in [-0.39, 0.29) is 22.0 Å². The second kappa shape index (κ2) is 6.01. The summed E-state index contributed by atoms with van der Waals surface area (Å²) in [7, 11) is 0. The largest absolute Gasteiger partial charge is 0.438 e. The Morgan fingerprint density at radius 2 is 2.00 bits per heavy atom. The van der Waals surface area contributed by atoms with Gasteiger partial charge in [0, 0.05) is 27.2 Å². The molecule has 3 aromatic rings. The number of halogens is 2. The molecule has 4 rings (SSSR count). The topological polar surface area (TPSA) is 71.9 Å². The van der Waals surface area contributed by atoms with Crippen molar-refractivity contribution in [1.29, 1.82) is 5.26 Å². The first-order valence-corrected chi connectivity index (χ1v) is 8.31. The maximum atomic E-state index is 14.6. The Kier molecular flexibility index (Phi) is 3.78. The summed E-state index contributed by atoms with van der Waals surface area (Å²) in [6.07, 6.45) is 0. The normalized spacial score (nSPS) is 16.2.